The van der Waals surface area contributed by atoms with E-state index < -0.39 is 22.7 Å². The summed E-state index contributed by atoms with van der Waals surface area (Å²) in [5.74, 6) is 0.771. The minimum absolute atomic E-state index is 0.0138. The summed E-state index contributed by atoms with van der Waals surface area (Å²) in [6.45, 7) is 9.35. The van der Waals surface area contributed by atoms with Gasteiger partial charge >= 0.3 is 0 Å². The summed E-state index contributed by atoms with van der Waals surface area (Å²) in [4.78, 5) is 13.9. The number of unbranched alkanes of at least 4 members (excludes halogenated alkanes) is 1. The van der Waals surface area contributed by atoms with Crippen LogP contribution in [-0.4, -0.2) is 32.6 Å². The van der Waals surface area contributed by atoms with E-state index in [2.05, 4.69) is 19.9 Å². The number of phenols is 2. The van der Waals surface area contributed by atoms with Gasteiger partial charge in [-0.15, -0.1) is 0 Å². The van der Waals surface area contributed by atoms with E-state index in [0.29, 0.717) is 22.6 Å². The zero-order valence-electron chi connectivity index (χ0n) is 22.4. The Bertz CT molecular complexity index is 1530. The van der Waals surface area contributed by atoms with Crippen LogP contribution in [0.5, 0.6) is 23.0 Å². The highest BCUT2D eigenvalue weighted by molar-refractivity contribution is 5.95. The fourth-order valence-corrected chi connectivity index (χ4v) is 5.12. The Morgan fingerprint density at radius 3 is 2.66 bits per heavy atom. The van der Waals surface area contributed by atoms with Crippen LogP contribution in [0, 0.1) is 0 Å². The quantitative estimate of drug-likeness (QED) is 0.271. The molecule has 2 atom stereocenters. The van der Waals surface area contributed by atoms with Crippen molar-refractivity contribution in [2.75, 3.05) is 0 Å². The Morgan fingerprint density at radius 2 is 1.95 bits per heavy atom. The molecule has 2 aliphatic rings. The highest BCUT2D eigenvalue weighted by Crippen LogP contribution is 2.45. The van der Waals surface area contributed by atoms with Gasteiger partial charge in [0.25, 0.3) is 0 Å². The van der Waals surface area contributed by atoms with Crippen LogP contribution in [0.3, 0.4) is 0 Å². The van der Waals surface area contributed by atoms with Crippen LogP contribution in [0.1, 0.15) is 65.0 Å². The van der Waals surface area contributed by atoms with Crippen molar-refractivity contribution < 1.29 is 29.2 Å². The molecule has 38 heavy (non-hydrogen) atoms. The fourth-order valence-electron chi connectivity index (χ4n) is 5.12. The van der Waals surface area contributed by atoms with Crippen LogP contribution in [0.2, 0.25) is 0 Å². The summed E-state index contributed by atoms with van der Waals surface area (Å²) in [6.07, 6.45) is 8.00. The predicted octanol–water partition coefficient (Wildman–Crippen LogP) is 6.25. The van der Waals surface area contributed by atoms with Gasteiger partial charge in [0, 0.05) is 24.1 Å². The number of rotatable bonds is 5. The molecule has 200 valence electrons. The maximum atomic E-state index is 13.9. The highest BCUT2D eigenvalue weighted by atomic mass is 16.5. The number of aliphatic hydroxyl groups is 1. The Balaban J connectivity index is 1.66. The van der Waals surface area contributed by atoms with E-state index in [-0.39, 0.29) is 40.2 Å². The minimum atomic E-state index is -1.30. The number of hydrogen-bond donors (Lipinski definition) is 3. The number of benzene rings is 2. The summed E-state index contributed by atoms with van der Waals surface area (Å²) in [5, 5.41) is 31.9. The van der Waals surface area contributed by atoms with Crippen molar-refractivity contribution in [3.05, 3.63) is 63.3 Å². The standard InChI is InChI=1S/C31H34O7/c1-17(2)8-6-7-12-31(5)13-11-20-24(38-31)16-22(33)26-27(34)21-15-25(30(3,4)35)36-23-14-18(32)9-10-19(23)28(21)37-29(20)26/h8-11,13-14,16,25,32-33,35H,6-7,12,15H2,1-5H3/t25-,31-/m0/s1. The lowest BCUT2D eigenvalue weighted by Gasteiger charge is -2.32. The number of ether oxygens (including phenoxy) is 2. The van der Waals surface area contributed by atoms with E-state index in [1.54, 1.807) is 19.9 Å². The smallest absolute Gasteiger partial charge is 0.200 e. The molecule has 0 saturated carbocycles. The second kappa shape index (κ2) is 9.24. The average molecular weight is 519 g/mol. The molecule has 0 saturated heterocycles. The molecule has 0 radical (unpaired) electrons. The van der Waals surface area contributed by atoms with Gasteiger partial charge in [-0.1, -0.05) is 11.6 Å². The second-order valence-electron chi connectivity index (χ2n) is 11.3. The first-order valence-electron chi connectivity index (χ1n) is 13.0. The summed E-state index contributed by atoms with van der Waals surface area (Å²) in [6, 6.07) is 6.03. The normalized spacial score (nSPS) is 20.0. The maximum Gasteiger partial charge on any atom is 0.200 e. The van der Waals surface area contributed by atoms with Crippen LogP contribution in [0.25, 0.3) is 28.4 Å². The van der Waals surface area contributed by atoms with Crippen molar-refractivity contribution in [3.63, 3.8) is 0 Å². The molecule has 7 nitrogen and oxygen atoms in total. The van der Waals surface area contributed by atoms with Gasteiger partial charge in [-0.3, -0.25) is 4.79 Å². The van der Waals surface area contributed by atoms with Gasteiger partial charge in [0.2, 0.25) is 0 Å². The van der Waals surface area contributed by atoms with Gasteiger partial charge in [0.15, 0.2) is 11.0 Å². The average Bonchev–Trinajstić information content (AvgIpc) is 2.98. The molecule has 3 aromatic rings. The summed E-state index contributed by atoms with van der Waals surface area (Å²) >= 11 is 0. The van der Waals surface area contributed by atoms with Gasteiger partial charge in [0.05, 0.1) is 16.7 Å². The number of aromatic hydroxyl groups is 2. The van der Waals surface area contributed by atoms with Crippen LogP contribution < -0.4 is 14.9 Å². The second-order valence-corrected chi connectivity index (χ2v) is 11.3. The van der Waals surface area contributed by atoms with Crippen LogP contribution >= 0.6 is 0 Å². The molecule has 0 fully saturated rings. The van der Waals surface area contributed by atoms with E-state index in [4.69, 9.17) is 13.9 Å². The molecular weight excluding hydrogens is 484 g/mol. The lowest BCUT2D eigenvalue weighted by molar-refractivity contribution is -0.0322. The van der Waals surface area contributed by atoms with Gasteiger partial charge in [0.1, 0.15) is 45.8 Å². The van der Waals surface area contributed by atoms with Crippen molar-refractivity contribution in [1.82, 2.24) is 0 Å². The molecule has 5 rings (SSSR count). The van der Waals surface area contributed by atoms with Gasteiger partial charge in [-0.2, -0.15) is 0 Å². The monoisotopic (exact) mass is 518 g/mol. The summed E-state index contributed by atoms with van der Waals surface area (Å²) in [7, 11) is 0. The first-order valence-corrected chi connectivity index (χ1v) is 13.0. The highest BCUT2D eigenvalue weighted by Gasteiger charge is 2.37. The van der Waals surface area contributed by atoms with Gasteiger partial charge in [-0.05, 0) is 78.2 Å². The van der Waals surface area contributed by atoms with E-state index >= 15 is 0 Å². The van der Waals surface area contributed by atoms with Crippen molar-refractivity contribution in [3.8, 4) is 34.3 Å². The molecule has 0 bridgehead atoms. The topological polar surface area (TPSA) is 109 Å². The van der Waals surface area contributed by atoms with Crippen LogP contribution in [0.15, 0.2) is 51.2 Å². The van der Waals surface area contributed by atoms with E-state index in [1.165, 1.54) is 23.8 Å². The fraction of sp³-hybridized carbons (Fsp3) is 0.387. The summed E-state index contributed by atoms with van der Waals surface area (Å²) < 4.78 is 18.8. The van der Waals surface area contributed by atoms with Crippen LogP contribution in [0.4, 0.5) is 0 Å². The number of hydrogen-bond acceptors (Lipinski definition) is 7. The maximum absolute atomic E-state index is 13.9. The summed E-state index contributed by atoms with van der Waals surface area (Å²) in [5.41, 5.74) is 0.574. The molecule has 0 amide bonds. The Hall–Kier alpha value is -3.71. The first-order chi connectivity index (χ1) is 17.9. The third kappa shape index (κ3) is 4.67. The molecule has 2 aromatic carbocycles. The largest absolute Gasteiger partial charge is 0.508 e. The van der Waals surface area contributed by atoms with Crippen molar-refractivity contribution in [1.29, 1.82) is 0 Å². The molecule has 0 unspecified atom stereocenters. The van der Waals surface area contributed by atoms with E-state index in [9.17, 15) is 20.1 Å². The zero-order chi connectivity index (χ0) is 27.4. The molecule has 0 spiro atoms. The molecular formula is C31H34O7. The van der Waals surface area contributed by atoms with Crippen molar-refractivity contribution in [2.45, 2.75) is 77.6 Å². The lowest BCUT2D eigenvalue weighted by atomic mass is 9.91. The van der Waals surface area contributed by atoms with E-state index in [1.807, 2.05) is 19.1 Å². The first kappa shape index (κ1) is 25.9. The van der Waals surface area contributed by atoms with Crippen molar-refractivity contribution >= 4 is 17.0 Å². The molecule has 1 aromatic heterocycles. The Labute approximate surface area is 221 Å². The third-order valence-electron chi connectivity index (χ3n) is 7.27. The van der Waals surface area contributed by atoms with Gasteiger partial charge < -0.3 is 29.2 Å². The van der Waals surface area contributed by atoms with Crippen LogP contribution in [-0.2, 0) is 6.42 Å². The Morgan fingerprint density at radius 1 is 1.18 bits per heavy atom. The third-order valence-corrected chi connectivity index (χ3v) is 7.27. The number of allylic oxidation sites excluding steroid dienone is 2. The lowest BCUT2D eigenvalue weighted by Crippen LogP contribution is -2.42. The number of phenolic OH excluding ortho intramolecular Hbond substituents is 2. The SMILES string of the molecule is CC(C)=CCCC[C@@]1(C)C=Cc2c(cc(O)c3c(=O)c4c(oc23)-c2ccc(O)cc2O[C@H](C(C)(C)O)C4)O1. The minimum Gasteiger partial charge on any atom is -0.508 e. The molecule has 3 heterocycles. The predicted molar refractivity (Wildman–Crippen MR) is 147 cm³/mol. The zero-order valence-corrected chi connectivity index (χ0v) is 22.4. The van der Waals surface area contributed by atoms with Gasteiger partial charge in [-0.25, -0.2) is 0 Å². The molecule has 7 heteroatoms. The molecule has 3 N–H and O–H groups in total. The number of fused-ring (bicyclic) bond motifs is 6. The van der Waals surface area contributed by atoms with E-state index in [0.717, 1.165) is 19.3 Å². The molecule has 0 aliphatic carbocycles. The van der Waals surface area contributed by atoms with Crippen molar-refractivity contribution in [2.24, 2.45) is 0 Å². The molecule has 2 aliphatic heterocycles. The Kier molecular flexibility index (Phi) is 6.30.